The van der Waals surface area contributed by atoms with Gasteiger partial charge in [-0.25, -0.2) is 0 Å². The first kappa shape index (κ1) is 19.4. The molecule has 2 heteroatoms. The molecule has 0 amide bonds. The van der Waals surface area contributed by atoms with Gasteiger partial charge in [-0.15, -0.1) is 0 Å². The van der Waals surface area contributed by atoms with Crippen LogP contribution in [-0.2, 0) is 11.1 Å². The van der Waals surface area contributed by atoms with Crippen LogP contribution in [0.1, 0.15) is 86.5 Å². The molecule has 0 aromatic heterocycles. The summed E-state index contributed by atoms with van der Waals surface area (Å²) in [6, 6.07) is 18.1. The van der Waals surface area contributed by atoms with Crippen LogP contribution in [0.2, 0.25) is 0 Å². The number of benzene rings is 2. The minimum atomic E-state index is -0.124. The zero-order chi connectivity index (χ0) is 19.5. The molecule has 2 nitrogen and oxygen atoms in total. The highest BCUT2D eigenvalue weighted by molar-refractivity contribution is 5.30. The highest BCUT2D eigenvalue weighted by Gasteiger charge is 2.38. The van der Waals surface area contributed by atoms with Crippen molar-refractivity contribution >= 4 is 0 Å². The fraction of sp³-hybridized carbons (Fsp3) is 0.538. The van der Waals surface area contributed by atoms with Crippen molar-refractivity contribution in [3.63, 3.8) is 0 Å². The first-order valence-electron chi connectivity index (χ1n) is 11.2. The third-order valence-corrected chi connectivity index (χ3v) is 6.97. The van der Waals surface area contributed by atoms with Crippen molar-refractivity contribution in [3.05, 3.63) is 70.8 Å². The molecule has 2 aliphatic carbocycles. The average molecular weight is 375 g/mol. The normalized spacial score (nSPS) is 21.6. The monoisotopic (exact) mass is 374 g/mol. The van der Waals surface area contributed by atoms with Gasteiger partial charge in [0.25, 0.3) is 0 Å². The minimum Gasteiger partial charge on any atom is -0.182 e. The summed E-state index contributed by atoms with van der Waals surface area (Å²) in [4.78, 5) is 0. The Labute approximate surface area is 170 Å². The predicted octanol–water partition coefficient (Wildman–Crippen LogP) is 7.77. The number of aryl methyl sites for hydroxylation is 2. The first-order chi connectivity index (χ1) is 13.6. The molecule has 2 aromatic carbocycles. The molecular weight excluding hydrogens is 340 g/mol. The fourth-order valence-corrected chi connectivity index (χ4v) is 5.09. The summed E-state index contributed by atoms with van der Waals surface area (Å²) in [5.74, 6) is 0. The van der Waals surface area contributed by atoms with E-state index in [0.717, 1.165) is 25.7 Å². The molecule has 148 valence electrons. The van der Waals surface area contributed by atoms with Gasteiger partial charge >= 0.3 is 0 Å². The van der Waals surface area contributed by atoms with Gasteiger partial charge < -0.3 is 0 Å². The van der Waals surface area contributed by atoms with Crippen LogP contribution in [0, 0.1) is 13.8 Å². The van der Waals surface area contributed by atoms with Crippen molar-refractivity contribution < 1.29 is 0 Å². The Hall–Kier alpha value is -1.96. The molecule has 0 radical (unpaired) electrons. The zero-order valence-electron chi connectivity index (χ0n) is 17.6. The molecule has 4 rings (SSSR count). The van der Waals surface area contributed by atoms with Crippen LogP contribution in [0.25, 0.3) is 0 Å². The third-order valence-electron chi connectivity index (χ3n) is 6.97. The Morgan fingerprint density at radius 1 is 0.500 bits per heavy atom. The summed E-state index contributed by atoms with van der Waals surface area (Å²) in [7, 11) is 0. The molecule has 2 fully saturated rings. The fourth-order valence-electron chi connectivity index (χ4n) is 5.09. The van der Waals surface area contributed by atoms with Crippen LogP contribution < -0.4 is 0 Å². The molecule has 0 spiro atoms. The highest BCUT2D eigenvalue weighted by Crippen LogP contribution is 2.46. The SMILES string of the molecule is Cc1ccc(C2(N=NC3(c4ccc(C)cc4)CCCCC3)CCCCC2)cc1. The van der Waals surface area contributed by atoms with E-state index in [-0.39, 0.29) is 11.1 Å². The standard InChI is InChI=1S/C26H34N2/c1-21-9-13-23(14-10-21)25(17-5-3-6-18-25)27-28-26(19-7-4-8-20-26)24-15-11-22(2)12-16-24/h9-16H,3-8,17-20H2,1-2H3. The number of azo groups is 1. The molecule has 2 aliphatic rings. The smallest absolute Gasteiger partial charge is 0.106 e. The van der Waals surface area contributed by atoms with Crippen LogP contribution in [-0.4, -0.2) is 0 Å². The van der Waals surface area contributed by atoms with E-state index < -0.39 is 0 Å². The van der Waals surface area contributed by atoms with Crippen molar-refractivity contribution in [1.82, 2.24) is 0 Å². The Kier molecular flexibility index (Phi) is 5.66. The zero-order valence-corrected chi connectivity index (χ0v) is 17.6. The van der Waals surface area contributed by atoms with E-state index in [1.54, 1.807) is 0 Å². The van der Waals surface area contributed by atoms with E-state index in [0.29, 0.717) is 0 Å². The second kappa shape index (κ2) is 8.19. The van der Waals surface area contributed by atoms with Gasteiger partial charge in [0.1, 0.15) is 11.1 Å². The van der Waals surface area contributed by atoms with E-state index in [9.17, 15) is 0 Å². The summed E-state index contributed by atoms with van der Waals surface area (Å²) in [5.41, 5.74) is 5.10. The number of hydrogen-bond donors (Lipinski definition) is 0. The minimum absolute atomic E-state index is 0.124. The molecule has 0 saturated heterocycles. The summed E-state index contributed by atoms with van der Waals surface area (Å²) in [5, 5.41) is 10.5. The van der Waals surface area contributed by atoms with Crippen molar-refractivity contribution in [1.29, 1.82) is 0 Å². The summed E-state index contributed by atoms with van der Waals surface area (Å²) < 4.78 is 0. The van der Waals surface area contributed by atoms with Gasteiger partial charge in [0, 0.05) is 0 Å². The van der Waals surface area contributed by atoms with Gasteiger partial charge in [-0.05, 0) is 50.7 Å². The van der Waals surface area contributed by atoms with Crippen molar-refractivity contribution in [3.8, 4) is 0 Å². The first-order valence-corrected chi connectivity index (χ1v) is 11.2. The molecule has 2 saturated carbocycles. The molecule has 0 unspecified atom stereocenters. The third kappa shape index (κ3) is 3.92. The van der Waals surface area contributed by atoms with Crippen molar-refractivity contribution in [2.24, 2.45) is 10.2 Å². The molecule has 0 heterocycles. The van der Waals surface area contributed by atoms with Crippen LogP contribution in [0.3, 0.4) is 0 Å². The van der Waals surface area contributed by atoms with Gasteiger partial charge in [-0.2, -0.15) is 10.2 Å². The maximum Gasteiger partial charge on any atom is 0.106 e. The lowest BCUT2D eigenvalue weighted by Gasteiger charge is -2.37. The topological polar surface area (TPSA) is 24.7 Å². The highest BCUT2D eigenvalue weighted by atomic mass is 15.2. The van der Waals surface area contributed by atoms with Gasteiger partial charge in [0.2, 0.25) is 0 Å². The maximum absolute atomic E-state index is 5.23. The van der Waals surface area contributed by atoms with Crippen LogP contribution in [0.4, 0.5) is 0 Å². The van der Waals surface area contributed by atoms with Gasteiger partial charge in [-0.3, -0.25) is 0 Å². The molecule has 0 atom stereocenters. The Balaban J connectivity index is 1.72. The van der Waals surface area contributed by atoms with Gasteiger partial charge in [-0.1, -0.05) is 98.2 Å². The number of nitrogens with zero attached hydrogens (tertiary/aromatic N) is 2. The van der Waals surface area contributed by atoms with E-state index >= 15 is 0 Å². The van der Waals surface area contributed by atoms with Gasteiger partial charge in [0.05, 0.1) is 0 Å². The maximum atomic E-state index is 5.23. The lowest BCUT2D eigenvalue weighted by Crippen LogP contribution is -2.30. The molecule has 2 aromatic rings. The van der Waals surface area contributed by atoms with Crippen LogP contribution in [0.5, 0.6) is 0 Å². The molecule has 0 N–H and O–H groups in total. The Bertz CT molecular complexity index is 720. The van der Waals surface area contributed by atoms with E-state index in [1.807, 2.05) is 0 Å². The molecule has 0 bridgehead atoms. The quantitative estimate of drug-likeness (QED) is 0.488. The predicted molar refractivity (Wildman–Crippen MR) is 117 cm³/mol. The largest absolute Gasteiger partial charge is 0.182 e. The number of hydrogen-bond acceptors (Lipinski definition) is 2. The van der Waals surface area contributed by atoms with E-state index in [4.69, 9.17) is 10.2 Å². The molecular formula is C26H34N2. The average Bonchev–Trinajstić information content (AvgIpc) is 2.75. The summed E-state index contributed by atoms with van der Waals surface area (Å²) >= 11 is 0. The van der Waals surface area contributed by atoms with Gasteiger partial charge in [0.15, 0.2) is 0 Å². The number of rotatable bonds is 4. The lowest BCUT2D eigenvalue weighted by molar-refractivity contribution is 0.243. The Morgan fingerprint density at radius 3 is 1.14 bits per heavy atom. The van der Waals surface area contributed by atoms with Crippen molar-refractivity contribution in [2.75, 3.05) is 0 Å². The molecule has 0 aliphatic heterocycles. The second-order valence-corrected chi connectivity index (χ2v) is 9.12. The molecule has 28 heavy (non-hydrogen) atoms. The Morgan fingerprint density at radius 2 is 0.821 bits per heavy atom. The van der Waals surface area contributed by atoms with Crippen LogP contribution >= 0.6 is 0 Å². The van der Waals surface area contributed by atoms with E-state index in [2.05, 4.69) is 62.4 Å². The lowest BCUT2D eigenvalue weighted by atomic mass is 9.76. The summed E-state index contributed by atoms with van der Waals surface area (Å²) in [6.07, 6.45) is 12.2. The summed E-state index contributed by atoms with van der Waals surface area (Å²) in [6.45, 7) is 4.32. The van der Waals surface area contributed by atoms with Crippen LogP contribution in [0.15, 0.2) is 58.8 Å². The van der Waals surface area contributed by atoms with Crippen molar-refractivity contribution in [2.45, 2.75) is 89.1 Å². The second-order valence-electron chi connectivity index (χ2n) is 9.12. The van der Waals surface area contributed by atoms with E-state index in [1.165, 1.54) is 60.8 Å².